The summed E-state index contributed by atoms with van der Waals surface area (Å²) in [5, 5.41) is 8.84. The third-order valence-corrected chi connectivity index (χ3v) is 3.28. The molecular formula is C12H17F2N3O. The maximum Gasteiger partial charge on any atom is 0.168 e. The second-order valence-corrected chi connectivity index (χ2v) is 4.52. The normalized spacial score (nSPS) is 19.5. The fourth-order valence-corrected chi connectivity index (χ4v) is 2.41. The van der Waals surface area contributed by atoms with E-state index in [9.17, 15) is 8.78 Å². The first-order valence-electron chi connectivity index (χ1n) is 6.12. The number of pyridine rings is 1. The van der Waals surface area contributed by atoms with E-state index in [-0.39, 0.29) is 24.3 Å². The van der Waals surface area contributed by atoms with Crippen LogP contribution in [0.4, 0.5) is 20.4 Å². The van der Waals surface area contributed by atoms with Crippen molar-refractivity contribution >= 4 is 11.6 Å². The Morgan fingerprint density at radius 3 is 2.94 bits per heavy atom. The molecule has 0 saturated carbocycles. The van der Waals surface area contributed by atoms with Crippen molar-refractivity contribution < 1.29 is 13.9 Å². The molecule has 1 atom stereocenters. The zero-order chi connectivity index (χ0) is 13.1. The molecule has 18 heavy (non-hydrogen) atoms. The predicted octanol–water partition coefficient (Wildman–Crippen LogP) is 1.68. The largest absolute Gasteiger partial charge is 0.396 e. The summed E-state index contributed by atoms with van der Waals surface area (Å²) < 4.78 is 26.8. The van der Waals surface area contributed by atoms with Crippen LogP contribution in [0.25, 0.3) is 0 Å². The lowest BCUT2D eigenvalue weighted by Gasteiger charge is -2.26. The van der Waals surface area contributed by atoms with E-state index in [1.54, 1.807) is 0 Å². The number of nitrogens with zero attached hydrogens (tertiary/aromatic N) is 2. The molecule has 1 saturated heterocycles. The number of aliphatic hydroxyl groups excluding tert-OH is 1. The van der Waals surface area contributed by atoms with Gasteiger partial charge in [0, 0.05) is 25.3 Å². The van der Waals surface area contributed by atoms with Gasteiger partial charge in [0.25, 0.3) is 0 Å². The van der Waals surface area contributed by atoms with Crippen LogP contribution in [0.15, 0.2) is 6.07 Å². The molecule has 0 radical (unpaired) electrons. The van der Waals surface area contributed by atoms with E-state index in [0.717, 1.165) is 25.3 Å². The monoisotopic (exact) mass is 257 g/mol. The number of aliphatic hydroxyl groups is 1. The summed E-state index contributed by atoms with van der Waals surface area (Å²) in [5.41, 5.74) is 5.38. The van der Waals surface area contributed by atoms with Crippen molar-refractivity contribution in [3.63, 3.8) is 0 Å². The van der Waals surface area contributed by atoms with E-state index >= 15 is 0 Å². The van der Waals surface area contributed by atoms with Gasteiger partial charge in [-0.1, -0.05) is 0 Å². The lowest BCUT2D eigenvalue weighted by molar-refractivity contribution is 0.279. The Balaban J connectivity index is 2.21. The summed E-state index contributed by atoms with van der Waals surface area (Å²) in [4.78, 5) is 5.62. The summed E-state index contributed by atoms with van der Waals surface area (Å²) in [6.07, 6.45) is 3.31. The average Bonchev–Trinajstić information content (AvgIpc) is 2.79. The van der Waals surface area contributed by atoms with Gasteiger partial charge in [-0.25, -0.2) is 13.8 Å². The summed E-state index contributed by atoms with van der Waals surface area (Å²) in [5.74, 6) is -1.67. The highest BCUT2D eigenvalue weighted by molar-refractivity contribution is 5.48. The second kappa shape index (κ2) is 5.48. The average molecular weight is 257 g/mol. The van der Waals surface area contributed by atoms with E-state index in [4.69, 9.17) is 10.8 Å². The first kappa shape index (κ1) is 13.0. The highest BCUT2D eigenvalue weighted by Crippen LogP contribution is 2.29. The number of hydrogen-bond acceptors (Lipinski definition) is 4. The summed E-state index contributed by atoms with van der Waals surface area (Å²) in [7, 11) is 0. The van der Waals surface area contributed by atoms with Crippen LogP contribution >= 0.6 is 0 Å². The van der Waals surface area contributed by atoms with Crippen LogP contribution in [0.3, 0.4) is 0 Å². The lowest BCUT2D eigenvalue weighted by Crippen LogP contribution is -2.31. The van der Waals surface area contributed by atoms with Crippen molar-refractivity contribution in [2.45, 2.75) is 31.7 Å². The van der Waals surface area contributed by atoms with Crippen molar-refractivity contribution in [1.29, 1.82) is 0 Å². The van der Waals surface area contributed by atoms with Crippen molar-refractivity contribution in [3.8, 4) is 0 Å². The molecule has 100 valence electrons. The molecule has 6 heteroatoms. The zero-order valence-corrected chi connectivity index (χ0v) is 10.1. The van der Waals surface area contributed by atoms with E-state index in [0.29, 0.717) is 13.0 Å². The van der Waals surface area contributed by atoms with Crippen molar-refractivity contribution in [3.05, 3.63) is 17.7 Å². The Hall–Kier alpha value is -1.43. The molecule has 0 spiro atoms. The molecule has 4 nitrogen and oxygen atoms in total. The fourth-order valence-electron chi connectivity index (χ4n) is 2.41. The molecule has 0 aliphatic carbocycles. The Bertz CT molecular complexity index is 428. The van der Waals surface area contributed by atoms with Crippen LogP contribution < -0.4 is 10.6 Å². The molecule has 0 aromatic carbocycles. The van der Waals surface area contributed by atoms with Crippen LogP contribution in [0.1, 0.15) is 25.7 Å². The molecule has 1 unspecified atom stereocenters. The van der Waals surface area contributed by atoms with E-state index in [2.05, 4.69) is 4.98 Å². The van der Waals surface area contributed by atoms with Gasteiger partial charge in [0.2, 0.25) is 0 Å². The van der Waals surface area contributed by atoms with Gasteiger partial charge >= 0.3 is 0 Å². The van der Waals surface area contributed by atoms with E-state index < -0.39 is 11.6 Å². The van der Waals surface area contributed by atoms with Gasteiger partial charge in [0.15, 0.2) is 23.3 Å². The molecule has 1 aromatic rings. The Morgan fingerprint density at radius 1 is 1.44 bits per heavy atom. The van der Waals surface area contributed by atoms with Gasteiger partial charge in [-0.3, -0.25) is 0 Å². The SMILES string of the molecule is Nc1nc(N2CCCC2CCCO)c(F)cc1F. The first-order chi connectivity index (χ1) is 8.63. The third-order valence-electron chi connectivity index (χ3n) is 3.28. The predicted molar refractivity (Wildman–Crippen MR) is 65.3 cm³/mol. The van der Waals surface area contributed by atoms with Crippen molar-refractivity contribution in [1.82, 2.24) is 4.98 Å². The maximum atomic E-state index is 13.7. The number of rotatable bonds is 4. The first-order valence-corrected chi connectivity index (χ1v) is 6.12. The minimum Gasteiger partial charge on any atom is -0.396 e. The number of halogens is 2. The van der Waals surface area contributed by atoms with Gasteiger partial charge in [0.1, 0.15) is 0 Å². The van der Waals surface area contributed by atoms with Gasteiger partial charge in [-0.15, -0.1) is 0 Å². The van der Waals surface area contributed by atoms with Crippen LogP contribution in [0, 0.1) is 11.6 Å². The van der Waals surface area contributed by atoms with Crippen molar-refractivity contribution in [2.24, 2.45) is 0 Å². The smallest absolute Gasteiger partial charge is 0.168 e. The molecule has 1 fully saturated rings. The van der Waals surface area contributed by atoms with E-state index in [1.807, 2.05) is 4.90 Å². The lowest BCUT2D eigenvalue weighted by atomic mass is 10.1. The molecule has 0 amide bonds. The molecule has 3 N–H and O–H groups in total. The Labute approximate surface area is 104 Å². The molecule has 2 rings (SSSR count). The number of nitrogen functional groups attached to an aromatic ring is 1. The number of nitrogens with two attached hydrogens (primary N) is 1. The highest BCUT2D eigenvalue weighted by atomic mass is 19.1. The number of anilines is 2. The van der Waals surface area contributed by atoms with Crippen LogP contribution in [-0.4, -0.2) is 29.3 Å². The second-order valence-electron chi connectivity index (χ2n) is 4.52. The molecule has 0 bridgehead atoms. The Morgan fingerprint density at radius 2 is 2.22 bits per heavy atom. The highest BCUT2D eigenvalue weighted by Gasteiger charge is 2.28. The van der Waals surface area contributed by atoms with Crippen molar-refractivity contribution in [2.75, 3.05) is 23.8 Å². The topological polar surface area (TPSA) is 62.4 Å². The van der Waals surface area contributed by atoms with E-state index in [1.165, 1.54) is 0 Å². The van der Waals surface area contributed by atoms with Gasteiger partial charge in [-0.2, -0.15) is 0 Å². The van der Waals surface area contributed by atoms with Crippen LogP contribution in [0.5, 0.6) is 0 Å². The summed E-state index contributed by atoms with van der Waals surface area (Å²) >= 11 is 0. The standard InChI is InChI=1S/C12H17F2N3O/c13-9-7-10(14)12(16-11(9)15)17-5-1-3-8(17)4-2-6-18/h7-8,18H,1-6H2,(H2,15,16). The van der Waals surface area contributed by atoms with Crippen LogP contribution in [-0.2, 0) is 0 Å². The molecule has 1 aliphatic heterocycles. The number of aromatic nitrogens is 1. The minimum atomic E-state index is -0.831. The third kappa shape index (κ3) is 2.53. The van der Waals surface area contributed by atoms with Gasteiger partial charge in [0.05, 0.1) is 0 Å². The minimum absolute atomic E-state index is 0.117. The number of hydrogen-bond donors (Lipinski definition) is 2. The van der Waals surface area contributed by atoms with Gasteiger partial charge in [-0.05, 0) is 25.7 Å². The fraction of sp³-hybridized carbons (Fsp3) is 0.583. The molecule has 2 heterocycles. The van der Waals surface area contributed by atoms with Gasteiger partial charge < -0.3 is 15.7 Å². The summed E-state index contributed by atoms with van der Waals surface area (Å²) in [6.45, 7) is 0.802. The quantitative estimate of drug-likeness (QED) is 0.861. The Kier molecular flexibility index (Phi) is 3.96. The molecule has 1 aromatic heterocycles. The van der Waals surface area contributed by atoms with Crippen LogP contribution in [0.2, 0.25) is 0 Å². The summed E-state index contributed by atoms with van der Waals surface area (Å²) in [6, 6.07) is 0.919. The zero-order valence-electron chi connectivity index (χ0n) is 10.1. The molecule has 1 aliphatic rings. The molecular weight excluding hydrogens is 240 g/mol. The maximum absolute atomic E-state index is 13.7.